The number of thioether (sulfide) groups is 1. The number of halogens is 1. The highest BCUT2D eigenvalue weighted by Crippen LogP contribution is 2.23. The van der Waals surface area contributed by atoms with Crippen LogP contribution in [-0.2, 0) is 16.1 Å². The van der Waals surface area contributed by atoms with Crippen LogP contribution < -0.4 is 4.80 Å². The van der Waals surface area contributed by atoms with Crippen LogP contribution in [0.3, 0.4) is 0 Å². The second-order valence-corrected chi connectivity index (χ2v) is 8.17. The molecule has 0 unspecified atom stereocenters. The van der Waals surface area contributed by atoms with Crippen LogP contribution in [0.25, 0.3) is 10.2 Å². The van der Waals surface area contributed by atoms with E-state index in [0.717, 1.165) is 9.60 Å². The minimum atomic E-state index is -0.452. The summed E-state index contributed by atoms with van der Waals surface area (Å²) in [6.07, 6.45) is 0.223. The molecule has 7 nitrogen and oxygen atoms in total. The Hall–Kier alpha value is -2.56. The van der Waals surface area contributed by atoms with Gasteiger partial charge in [0.1, 0.15) is 5.82 Å². The smallest absolute Gasteiger partial charge is 0.271 e. The summed E-state index contributed by atoms with van der Waals surface area (Å²) in [7, 11) is 1.56. The summed E-state index contributed by atoms with van der Waals surface area (Å²) < 4.78 is 20.6. The molecule has 0 spiro atoms. The van der Waals surface area contributed by atoms with Gasteiger partial charge in [-0.15, -0.1) is 11.8 Å². The molecule has 0 radical (unpaired) electrons. The molecule has 0 atom stereocenters. The Balaban J connectivity index is 1.80. The van der Waals surface area contributed by atoms with Crippen molar-refractivity contribution in [3.05, 3.63) is 63.2 Å². The van der Waals surface area contributed by atoms with E-state index >= 15 is 0 Å². The SMILES string of the molecule is COCCn1c(=NC(=O)CCSc2ccc(F)cc2)sc2ccc([N+](=O)[O-])cc21. The second-order valence-electron chi connectivity index (χ2n) is 6.00. The number of hydrogen-bond donors (Lipinski definition) is 0. The van der Waals surface area contributed by atoms with E-state index in [0.29, 0.717) is 29.2 Å². The third-order valence-electron chi connectivity index (χ3n) is 4.01. The molecule has 2 aromatic carbocycles. The van der Waals surface area contributed by atoms with E-state index in [1.165, 1.54) is 47.4 Å². The molecule has 3 rings (SSSR count). The Labute approximate surface area is 174 Å². The van der Waals surface area contributed by atoms with E-state index in [2.05, 4.69) is 4.99 Å². The molecule has 0 aliphatic heterocycles. The molecular weight excluding hydrogens is 417 g/mol. The molecule has 0 fully saturated rings. The largest absolute Gasteiger partial charge is 0.383 e. The first kappa shape index (κ1) is 21.2. The molecule has 1 heterocycles. The summed E-state index contributed by atoms with van der Waals surface area (Å²) >= 11 is 2.75. The Kier molecular flexibility index (Phi) is 7.13. The highest BCUT2D eigenvalue weighted by molar-refractivity contribution is 7.99. The minimum absolute atomic E-state index is 0.0185. The van der Waals surface area contributed by atoms with E-state index in [1.54, 1.807) is 29.9 Å². The van der Waals surface area contributed by atoms with Crippen molar-refractivity contribution in [1.82, 2.24) is 4.57 Å². The third kappa shape index (κ3) is 5.49. The predicted octanol–water partition coefficient (Wildman–Crippen LogP) is 4.01. The van der Waals surface area contributed by atoms with Gasteiger partial charge in [0.25, 0.3) is 5.69 Å². The number of ether oxygens (including phenoxy) is 1. The van der Waals surface area contributed by atoms with Crippen LogP contribution in [0.5, 0.6) is 0 Å². The Morgan fingerprint density at radius 1 is 1.31 bits per heavy atom. The van der Waals surface area contributed by atoms with Gasteiger partial charge in [-0.2, -0.15) is 4.99 Å². The van der Waals surface area contributed by atoms with Gasteiger partial charge < -0.3 is 9.30 Å². The van der Waals surface area contributed by atoms with Crippen LogP contribution in [0.15, 0.2) is 52.4 Å². The van der Waals surface area contributed by atoms with Crippen molar-refractivity contribution in [2.24, 2.45) is 4.99 Å². The first-order valence-electron chi connectivity index (χ1n) is 8.70. The first-order chi connectivity index (χ1) is 14.0. The van der Waals surface area contributed by atoms with Gasteiger partial charge in [-0.05, 0) is 30.3 Å². The molecule has 0 aliphatic carbocycles. The number of nitro benzene ring substituents is 1. The number of hydrogen-bond acceptors (Lipinski definition) is 6. The van der Waals surface area contributed by atoms with Gasteiger partial charge in [0.05, 0.1) is 21.7 Å². The van der Waals surface area contributed by atoms with Gasteiger partial charge in [-0.25, -0.2) is 4.39 Å². The van der Waals surface area contributed by atoms with E-state index in [9.17, 15) is 19.3 Å². The number of carbonyl (C=O) groups is 1. The molecular formula is C19H18FN3O4S2. The maximum Gasteiger partial charge on any atom is 0.271 e. The summed E-state index contributed by atoms with van der Waals surface area (Å²) in [5.41, 5.74) is 0.628. The maximum absolute atomic E-state index is 12.9. The predicted molar refractivity (Wildman–Crippen MR) is 111 cm³/mol. The molecule has 0 bridgehead atoms. The van der Waals surface area contributed by atoms with Crippen LogP contribution in [0.4, 0.5) is 10.1 Å². The summed E-state index contributed by atoms with van der Waals surface area (Å²) in [5.74, 6) is -0.0690. The van der Waals surface area contributed by atoms with Crippen LogP contribution in [-0.4, -0.2) is 34.9 Å². The quantitative estimate of drug-likeness (QED) is 0.303. The lowest BCUT2D eigenvalue weighted by Gasteiger charge is -2.04. The maximum atomic E-state index is 12.9. The van der Waals surface area contributed by atoms with Crippen LogP contribution in [0.2, 0.25) is 0 Å². The van der Waals surface area contributed by atoms with Gasteiger partial charge in [-0.1, -0.05) is 11.3 Å². The van der Waals surface area contributed by atoms with Crippen molar-refractivity contribution in [3.8, 4) is 0 Å². The van der Waals surface area contributed by atoms with Crippen LogP contribution in [0, 0.1) is 15.9 Å². The number of nitrogens with zero attached hydrogens (tertiary/aromatic N) is 3. The normalized spacial score (nSPS) is 11.9. The van der Waals surface area contributed by atoms with E-state index in [4.69, 9.17) is 4.74 Å². The minimum Gasteiger partial charge on any atom is -0.383 e. The molecule has 3 aromatic rings. The van der Waals surface area contributed by atoms with Gasteiger partial charge in [0.2, 0.25) is 5.91 Å². The van der Waals surface area contributed by atoms with Gasteiger partial charge in [0, 0.05) is 42.9 Å². The van der Waals surface area contributed by atoms with Gasteiger partial charge in [0.15, 0.2) is 4.80 Å². The summed E-state index contributed by atoms with van der Waals surface area (Å²) in [5, 5.41) is 11.1. The fourth-order valence-electron chi connectivity index (χ4n) is 2.60. The number of aromatic nitrogens is 1. The molecule has 29 heavy (non-hydrogen) atoms. The average molecular weight is 436 g/mol. The second kappa shape index (κ2) is 9.77. The fraction of sp³-hybridized carbons (Fsp3) is 0.263. The van der Waals surface area contributed by atoms with Crippen molar-refractivity contribution in [2.45, 2.75) is 17.9 Å². The molecule has 10 heteroatoms. The Morgan fingerprint density at radius 2 is 2.07 bits per heavy atom. The molecule has 0 aliphatic rings. The van der Waals surface area contributed by atoms with Crippen molar-refractivity contribution in [1.29, 1.82) is 0 Å². The number of benzene rings is 2. The summed E-state index contributed by atoms with van der Waals surface area (Å²) in [4.78, 5) is 28.6. The van der Waals surface area contributed by atoms with E-state index < -0.39 is 4.92 Å². The van der Waals surface area contributed by atoms with Crippen molar-refractivity contribution < 1.29 is 18.8 Å². The number of amides is 1. The number of non-ortho nitro benzene ring substituents is 1. The lowest BCUT2D eigenvalue weighted by atomic mass is 10.3. The number of thiazole rings is 1. The number of methoxy groups -OCH3 is 1. The number of fused-ring (bicyclic) bond motifs is 1. The first-order valence-corrected chi connectivity index (χ1v) is 10.5. The highest BCUT2D eigenvalue weighted by Gasteiger charge is 2.13. The molecule has 0 saturated heterocycles. The highest BCUT2D eigenvalue weighted by atomic mass is 32.2. The number of carbonyl (C=O) groups excluding carboxylic acids is 1. The van der Waals surface area contributed by atoms with E-state index in [-0.39, 0.29) is 23.8 Å². The standard InChI is InChI=1S/C19H18FN3O4S2/c1-27-10-9-22-16-12-14(23(25)26)4-7-17(16)29-19(22)21-18(24)8-11-28-15-5-2-13(20)3-6-15/h2-7,12H,8-11H2,1H3. The van der Waals surface area contributed by atoms with Crippen molar-refractivity contribution in [3.63, 3.8) is 0 Å². The van der Waals surface area contributed by atoms with E-state index in [1.807, 2.05) is 0 Å². The topological polar surface area (TPSA) is 86.7 Å². The molecule has 1 amide bonds. The lowest BCUT2D eigenvalue weighted by Crippen LogP contribution is -2.19. The lowest BCUT2D eigenvalue weighted by molar-refractivity contribution is -0.384. The van der Waals surface area contributed by atoms with Crippen molar-refractivity contribution in [2.75, 3.05) is 19.5 Å². The number of nitro groups is 1. The summed E-state index contributed by atoms with van der Waals surface area (Å²) in [6.45, 7) is 0.810. The zero-order chi connectivity index (χ0) is 20.8. The zero-order valence-electron chi connectivity index (χ0n) is 15.5. The molecule has 1 aromatic heterocycles. The Bertz CT molecular complexity index is 1090. The molecule has 0 saturated carbocycles. The average Bonchev–Trinajstić information content (AvgIpc) is 3.03. The van der Waals surface area contributed by atoms with Gasteiger partial charge >= 0.3 is 0 Å². The van der Waals surface area contributed by atoms with Crippen molar-refractivity contribution >= 4 is 44.9 Å². The van der Waals surface area contributed by atoms with Crippen LogP contribution >= 0.6 is 23.1 Å². The monoisotopic (exact) mass is 435 g/mol. The zero-order valence-corrected chi connectivity index (χ0v) is 17.2. The van der Waals surface area contributed by atoms with Crippen LogP contribution in [0.1, 0.15) is 6.42 Å². The fourth-order valence-corrected chi connectivity index (χ4v) is 4.50. The molecule has 0 N–H and O–H groups in total. The Morgan fingerprint density at radius 3 is 2.76 bits per heavy atom. The van der Waals surface area contributed by atoms with Gasteiger partial charge in [-0.3, -0.25) is 14.9 Å². The summed E-state index contributed by atoms with van der Waals surface area (Å²) in [6, 6.07) is 10.7. The third-order valence-corrected chi connectivity index (χ3v) is 6.09. The number of rotatable bonds is 8. The molecule has 152 valence electrons.